The van der Waals surface area contributed by atoms with Gasteiger partial charge < -0.3 is 19.9 Å². The minimum atomic E-state index is -4.52. The number of alkyl halides is 3. The molecule has 10 heteroatoms. The predicted octanol–water partition coefficient (Wildman–Crippen LogP) is 3.71. The van der Waals surface area contributed by atoms with Crippen molar-refractivity contribution in [1.82, 2.24) is 9.78 Å². The van der Waals surface area contributed by atoms with Crippen molar-refractivity contribution >= 4 is 17.4 Å². The smallest absolute Gasteiger partial charge is 0.410 e. The SMILES string of the molecule is COc1ccc([C@H]2C[C@@H](C(F)(F)F)n3nc(CO)c(Cl)c3N2)cc1OC. The highest BCUT2D eigenvalue weighted by Gasteiger charge is 2.47. The first-order valence-electron chi connectivity index (χ1n) is 7.73. The highest BCUT2D eigenvalue weighted by Crippen LogP contribution is 2.46. The zero-order valence-corrected chi connectivity index (χ0v) is 14.7. The summed E-state index contributed by atoms with van der Waals surface area (Å²) in [6.07, 6.45) is -4.80. The molecule has 1 aliphatic rings. The molecule has 0 saturated carbocycles. The van der Waals surface area contributed by atoms with Gasteiger partial charge in [0.15, 0.2) is 17.5 Å². The Kier molecular flexibility index (Phi) is 4.94. The van der Waals surface area contributed by atoms with Crippen molar-refractivity contribution in [2.45, 2.75) is 31.3 Å². The number of aliphatic hydroxyl groups is 1. The third-order valence-electron chi connectivity index (χ3n) is 4.32. The summed E-state index contributed by atoms with van der Waals surface area (Å²) >= 11 is 6.10. The van der Waals surface area contributed by atoms with Crippen molar-refractivity contribution in [2.75, 3.05) is 19.5 Å². The van der Waals surface area contributed by atoms with E-state index in [0.29, 0.717) is 17.1 Å². The first-order valence-corrected chi connectivity index (χ1v) is 8.10. The monoisotopic (exact) mass is 391 g/mol. The van der Waals surface area contributed by atoms with Crippen LogP contribution in [0.3, 0.4) is 0 Å². The van der Waals surface area contributed by atoms with Crippen LogP contribution in [-0.2, 0) is 6.61 Å². The standard InChI is InChI=1S/C16H17ClF3N3O3/c1-25-11-4-3-8(5-12(11)26-2)9-6-13(16(18,19)20)23-15(21-9)14(17)10(7-24)22-23/h3-5,9,13,21,24H,6-7H2,1-2H3/t9-,13+/m1/s1. The second kappa shape index (κ2) is 6.88. The number of methoxy groups -OCH3 is 2. The Balaban J connectivity index is 2.04. The summed E-state index contributed by atoms with van der Waals surface area (Å²) in [5, 5.41) is 16.0. The van der Waals surface area contributed by atoms with Crippen LogP contribution in [0.1, 0.15) is 29.8 Å². The molecule has 0 bridgehead atoms. The Morgan fingerprint density at radius 1 is 1.31 bits per heavy atom. The van der Waals surface area contributed by atoms with Crippen LogP contribution in [0.4, 0.5) is 19.0 Å². The van der Waals surface area contributed by atoms with Crippen molar-refractivity contribution in [3.8, 4) is 11.5 Å². The first-order chi connectivity index (χ1) is 12.3. The molecule has 2 atom stereocenters. The van der Waals surface area contributed by atoms with Crippen LogP contribution < -0.4 is 14.8 Å². The highest BCUT2D eigenvalue weighted by atomic mass is 35.5. The van der Waals surface area contributed by atoms with E-state index >= 15 is 0 Å². The quantitative estimate of drug-likeness (QED) is 0.831. The van der Waals surface area contributed by atoms with E-state index in [2.05, 4.69) is 10.4 Å². The molecule has 2 N–H and O–H groups in total. The Labute approximate surface area is 152 Å². The van der Waals surface area contributed by atoms with E-state index in [0.717, 1.165) is 4.68 Å². The summed E-state index contributed by atoms with van der Waals surface area (Å²) in [4.78, 5) is 0. The molecule has 0 aliphatic carbocycles. The fraction of sp³-hybridized carbons (Fsp3) is 0.438. The number of aromatic nitrogens is 2. The van der Waals surface area contributed by atoms with Gasteiger partial charge in [0.2, 0.25) is 0 Å². The van der Waals surface area contributed by atoms with Crippen molar-refractivity contribution in [3.63, 3.8) is 0 Å². The Bertz CT molecular complexity index is 810. The lowest BCUT2D eigenvalue weighted by Crippen LogP contribution is -2.35. The average molecular weight is 392 g/mol. The van der Waals surface area contributed by atoms with Crippen LogP contribution in [-0.4, -0.2) is 35.3 Å². The molecule has 1 aromatic carbocycles. The van der Waals surface area contributed by atoms with Gasteiger partial charge in [-0.1, -0.05) is 17.7 Å². The summed E-state index contributed by atoms with van der Waals surface area (Å²) in [7, 11) is 2.93. The third kappa shape index (κ3) is 3.16. The summed E-state index contributed by atoms with van der Waals surface area (Å²) < 4.78 is 51.9. The molecule has 0 unspecified atom stereocenters. The normalized spacial score (nSPS) is 19.7. The number of nitrogens with zero attached hydrogens (tertiary/aromatic N) is 2. The van der Waals surface area contributed by atoms with Crippen molar-refractivity contribution < 1.29 is 27.8 Å². The lowest BCUT2D eigenvalue weighted by molar-refractivity contribution is -0.173. The van der Waals surface area contributed by atoms with Gasteiger partial charge >= 0.3 is 6.18 Å². The van der Waals surface area contributed by atoms with Gasteiger partial charge in [0.25, 0.3) is 0 Å². The van der Waals surface area contributed by atoms with Gasteiger partial charge in [0.05, 0.1) is 26.9 Å². The van der Waals surface area contributed by atoms with Crippen LogP contribution in [0.15, 0.2) is 18.2 Å². The topological polar surface area (TPSA) is 68.5 Å². The van der Waals surface area contributed by atoms with Gasteiger partial charge in [-0.15, -0.1) is 0 Å². The Hall–Kier alpha value is -2.13. The van der Waals surface area contributed by atoms with Crippen LogP contribution in [0, 0.1) is 0 Å². The number of aliphatic hydroxyl groups excluding tert-OH is 1. The van der Waals surface area contributed by atoms with Crippen molar-refractivity contribution in [2.24, 2.45) is 0 Å². The van der Waals surface area contributed by atoms with Gasteiger partial charge in [0.1, 0.15) is 16.5 Å². The lowest BCUT2D eigenvalue weighted by Gasteiger charge is -2.33. The van der Waals surface area contributed by atoms with E-state index in [4.69, 9.17) is 21.1 Å². The van der Waals surface area contributed by atoms with E-state index < -0.39 is 24.9 Å². The summed E-state index contributed by atoms with van der Waals surface area (Å²) in [5.74, 6) is 0.922. The minimum Gasteiger partial charge on any atom is -0.493 e. The van der Waals surface area contributed by atoms with Gasteiger partial charge in [-0.25, -0.2) is 4.68 Å². The maximum Gasteiger partial charge on any atom is 0.410 e. The maximum absolute atomic E-state index is 13.6. The molecule has 0 fully saturated rings. The van der Waals surface area contributed by atoms with Gasteiger partial charge in [-0.3, -0.25) is 0 Å². The van der Waals surface area contributed by atoms with Crippen molar-refractivity contribution in [3.05, 3.63) is 34.5 Å². The number of nitrogens with one attached hydrogen (secondary N) is 1. The predicted molar refractivity (Wildman–Crippen MR) is 88.8 cm³/mol. The lowest BCUT2D eigenvalue weighted by atomic mass is 9.96. The molecule has 142 valence electrons. The van der Waals surface area contributed by atoms with Crippen molar-refractivity contribution in [1.29, 1.82) is 0 Å². The molecule has 2 aromatic rings. The molecule has 0 amide bonds. The van der Waals surface area contributed by atoms with E-state index in [1.165, 1.54) is 14.2 Å². The molecule has 0 spiro atoms. The van der Waals surface area contributed by atoms with Gasteiger partial charge in [-0.2, -0.15) is 18.3 Å². The number of benzene rings is 1. The Morgan fingerprint density at radius 2 is 2.00 bits per heavy atom. The number of rotatable bonds is 4. The van der Waals surface area contributed by atoms with Crippen LogP contribution in [0.2, 0.25) is 5.02 Å². The molecule has 2 heterocycles. The van der Waals surface area contributed by atoms with Gasteiger partial charge in [-0.05, 0) is 17.7 Å². The fourth-order valence-corrected chi connectivity index (χ4v) is 3.26. The maximum atomic E-state index is 13.6. The average Bonchev–Trinajstić information content (AvgIpc) is 2.95. The van der Waals surface area contributed by atoms with E-state index in [9.17, 15) is 18.3 Å². The number of hydrogen-bond acceptors (Lipinski definition) is 5. The van der Waals surface area contributed by atoms with Crippen LogP contribution in [0.25, 0.3) is 0 Å². The van der Waals surface area contributed by atoms with Gasteiger partial charge in [0, 0.05) is 6.42 Å². The molecular formula is C16H17ClF3N3O3. The number of fused-ring (bicyclic) bond motifs is 1. The summed E-state index contributed by atoms with van der Waals surface area (Å²) in [5.41, 5.74) is 0.586. The molecule has 6 nitrogen and oxygen atoms in total. The summed E-state index contributed by atoms with van der Waals surface area (Å²) in [6, 6.07) is 2.38. The highest BCUT2D eigenvalue weighted by molar-refractivity contribution is 6.33. The minimum absolute atomic E-state index is 0.00335. The van der Waals surface area contributed by atoms with E-state index in [1.807, 2.05) is 0 Å². The zero-order chi connectivity index (χ0) is 19.1. The largest absolute Gasteiger partial charge is 0.493 e. The molecule has 3 rings (SSSR count). The molecule has 26 heavy (non-hydrogen) atoms. The number of hydrogen-bond donors (Lipinski definition) is 2. The molecule has 0 radical (unpaired) electrons. The molecule has 0 saturated heterocycles. The second-order valence-corrected chi connectivity index (χ2v) is 6.19. The fourth-order valence-electron chi connectivity index (χ4n) is 3.03. The molecule has 1 aromatic heterocycles. The third-order valence-corrected chi connectivity index (χ3v) is 4.72. The molecular weight excluding hydrogens is 375 g/mol. The van der Waals surface area contributed by atoms with Crippen LogP contribution >= 0.6 is 11.6 Å². The second-order valence-electron chi connectivity index (χ2n) is 5.82. The zero-order valence-electron chi connectivity index (χ0n) is 14.0. The summed E-state index contributed by atoms with van der Waals surface area (Å²) in [6.45, 7) is -0.549. The van der Waals surface area contributed by atoms with Crippen LogP contribution in [0.5, 0.6) is 11.5 Å². The van der Waals surface area contributed by atoms with E-state index in [1.54, 1.807) is 18.2 Å². The number of ether oxygens (including phenoxy) is 2. The molecule has 1 aliphatic heterocycles. The Morgan fingerprint density at radius 3 is 2.58 bits per heavy atom. The van der Waals surface area contributed by atoms with E-state index in [-0.39, 0.29) is 23.0 Å². The number of halogens is 4. The first kappa shape index (κ1) is 18.7. The number of anilines is 1.